The van der Waals surface area contributed by atoms with Crippen LogP contribution in [0.3, 0.4) is 0 Å². The fourth-order valence-electron chi connectivity index (χ4n) is 2.42. The topological polar surface area (TPSA) is 203 Å². The van der Waals surface area contributed by atoms with E-state index >= 15 is 0 Å². The summed E-state index contributed by atoms with van der Waals surface area (Å²) in [4.78, 5) is 31.3. The molecule has 0 radical (unpaired) electrons. The van der Waals surface area contributed by atoms with Gasteiger partial charge in [0, 0.05) is 30.2 Å². The molecule has 6 N–H and O–H groups in total. The highest BCUT2D eigenvalue weighted by Crippen LogP contribution is 2.21. The molecule has 0 atom stereocenters. The molecule has 2 rings (SSSR count). The van der Waals surface area contributed by atoms with E-state index < -0.39 is 10.8 Å². The zero-order valence-electron chi connectivity index (χ0n) is 16.0. The van der Waals surface area contributed by atoms with Crippen LogP contribution in [-0.2, 0) is 22.4 Å². The van der Waals surface area contributed by atoms with Crippen molar-refractivity contribution in [1.82, 2.24) is 0 Å². The zero-order valence-corrected chi connectivity index (χ0v) is 16.0. The molecule has 0 spiro atoms. The number of anilines is 1. The van der Waals surface area contributed by atoms with Gasteiger partial charge in [-0.15, -0.1) is 0 Å². The first-order valence-corrected chi connectivity index (χ1v) is 8.70. The van der Waals surface area contributed by atoms with Gasteiger partial charge >= 0.3 is 0 Å². The Balaban J connectivity index is 0.000000303. The minimum atomic E-state index is -0.572. The van der Waals surface area contributed by atoms with Crippen LogP contribution in [0.4, 0.5) is 11.4 Å². The second-order valence-electron chi connectivity index (χ2n) is 6.17. The molecule has 0 saturated heterocycles. The van der Waals surface area contributed by atoms with Crippen LogP contribution >= 0.6 is 0 Å². The average molecular weight is 408 g/mol. The maximum Gasteiger partial charge on any atom is 0.273 e. The van der Waals surface area contributed by atoms with Crippen molar-refractivity contribution in [2.24, 2.45) is 11.5 Å². The lowest BCUT2D eigenvalue weighted by Gasteiger charge is -2.03. The summed E-state index contributed by atoms with van der Waals surface area (Å²) in [5.74, 6) is -0.868. The molecule has 0 bridgehead atoms. The normalized spacial score (nSPS) is 9.40. The van der Waals surface area contributed by atoms with Gasteiger partial charge in [0.2, 0.25) is 11.8 Å². The van der Waals surface area contributed by atoms with Crippen molar-refractivity contribution in [2.45, 2.75) is 25.7 Å². The second-order valence-corrected chi connectivity index (χ2v) is 6.17. The van der Waals surface area contributed by atoms with E-state index in [2.05, 4.69) is 0 Å². The maximum atomic E-state index is 10.7. The first-order valence-electron chi connectivity index (χ1n) is 8.70. The Morgan fingerprint density at radius 2 is 1.37 bits per heavy atom. The van der Waals surface area contributed by atoms with Gasteiger partial charge in [-0.3, -0.25) is 19.7 Å². The minimum absolute atomic E-state index is 0.0484. The highest BCUT2D eigenvalue weighted by Gasteiger charge is 2.14. The first-order chi connectivity index (χ1) is 14.2. The van der Waals surface area contributed by atoms with Crippen LogP contribution in [0, 0.1) is 32.8 Å². The lowest BCUT2D eigenvalue weighted by Crippen LogP contribution is -2.11. The van der Waals surface area contributed by atoms with Crippen molar-refractivity contribution in [3.05, 3.63) is 68.8 Å². The zero-order chi connectivity index (χ0) is 22.7. The number of nitrogens with two attached hydrogens (primary N) is 3. The van der Waals surface area contributed by atoms with Crippen molar-refractivity contribution in [3.8, 4) is 12.1 Å². The number of hydrogen-bond acceptors (Lipinski definition) is 7. The smallest absolute Gasteiger partial charge is 0.273 e. The van der Waals surface area contributed by atoms with Crippen LogP contribution in [0.1, 0.15) is 35.1 Å². The van der Waals surface area contributed by atoms with E-state index in [-0.39, 0.29) is 36.4 Å². The van der Waals surface area contributed by atoms with E-state index in [0.29, 0.717) is 23.2 Å². The molecule has 0 heterocycles. The molecular weight excluding hydrogens is 388 g/mol. The predicted molar refractivity (Wildman–Crippen MR) is 108 cm³/mol. The summed E-state index contributed by atoms with van der Waals surface area (Å²) >= 11 is 0. The Kier molecular flexibility index (Phi) is 8.98. The minimum Gasteiger partial charge on any atom is -0.398 e. The van der Waals surface area contributed by atoms with Crippen molar-refractivity contribution < 1.29 is 14.5 Å². The number of carbonyl (C=O) groups excluding carboxylic acids is 2. The highest BCUT2D eigenvalue weighted by atomic mass is 16.6. The highest BCUT2D eigenvalue weighted by molar-refractivity contribution is 5.74. The Morgan fingerprint density at radius 3 is 1.80 bits per heavy atom. The molecule has 0 unspecified atom stereocenters. The number of rotatable bonds is 7. The average Bonchev–Trinajstić information content (AvgIpc) is 2.71. The third-order valence-corrected chi connectivity index (χ3v) is 3.97. The largest absolute Gasteiger partial charge is 0.398 e. The van der Waals surface area contributed by atoms with Crippen molar-refractivity contribution >= 4 is 23.2 Å². The molecule has 2 aromatic carbocycles. The third-order valence-electron chi connectivity index (χ3n) is 3.97. The van der Waals surface area contributed by atoms with Crippen LogP contribution in [0.15, 0.2) is 36.4 Å². The summed E-state index contributed by atoms with van der Waals surface area (Å²) in [6, 6.07) is 13.0. The van der Waals surface area contributed by atoms with Crippen LogP contribution in [0.5, 0.6) is 0 Å². The van der Waals surface area contributed by atoms with Gasteiger partial charge in [-0.1, -0.05) is 12.1 Å². The number of hydrogen-bond donors (Lipinski definition) is 3. The molecule has 0 aliphatic rings. The Hall–Kier alpha value is -4.44. The standard InChI is InChI=1S/C10H9N3O3.C10H11N3O/c11-6-7-1-2-8(3-4-10(12)14)9(5-7)13(15)16;11-6-7-1-2-8(9(12)5-7)3-4-10(13)14/h1-2,5H,3-4H2,(H2,12,14);1-2,5H,3-4,12H2,(H2,13,14). The van der Waals surface area contributed by atoms with E-state index in [9.17, 15) is 19.7 Å². The summed E-state index contributed by atoms with van der Waals surface area (Å²) in [5, 5.41) is 27.9. The quantitative estimate of drug-likeness (QED) is 0.349. The summed E-state index contributed by atoms with van der Waals surface area (Å²) in [7, 11) is 0. The number of nitro benzene ring substituents is 1. The van der Waals surface area contributed by atoms with Crippen LogP contribution < -0.4 is 17.2 Å². The molecule has 10 nitrogen and oxygen atoms in total. The molecule has 0 saturated carbocycles. The van der Waals surface area contributed by atoms with Gasteiger partial charge in [-0.2, -0.15) is 10.5 Å². The predicted octanol–water partition coefficient (Wildman–Crippen LogP) is 1.44. The number of nitrogen functional groups attached to an aromatic ring is 1. The number of primary amides is 2. The summed E-state index contributed by atoms with van der Waals surface area (Å²) in [6.45, 7) is 0. The number of carbonyl (C=O) groups is 2. The van der Waals surface area contributed by atoms with Crippen molar-refractivity contribution in [2.75, 3.05) is 5.73 Å². The van der Waals surface area contributed by atoms with E-state index in [4.69, 9.17) is 27.7 Å². The van der Waals surface area contributed by atoms with E-state index in [1.54, 1.807) is 18.2 Å². The molecule has 10 heteroatoms. The van der Waals surface area contributed by atoms with Gasteiger partial charge in [0.1, 0.15) is 0 Å². The van der Waals surface area contributed by atoms with E-state index in [0.717, 1.165) is 5.56 Å². The van der Waals surface area contributed by atoms with E-state index in [1.807, 2.05) is 12.1 Å². The molecule has 0 fully saturated rings. The number of nitriles is 2. The lowest BCUT2D eigenvalue weighted by molar-refractivity contribution is -0.385. The SMILES string of the molecule is N#Cc1ccc(CCC(N)=O)c(N)c1.N#Cc1ccc(CCC(N)=O)c([N+](=O)[O-])c1. The molecule has 0 aliphatic carbocycles. The first kappa shape index (κ1) is 23.6. The Bertz CT molecular complexity index is 1040. The van der Waals surface area contributed by atoms with Crippen molar-refractivity contribution in [3.63, 3.8) is 0 Å². The van der Waals surface area contributed by atoms with E-state index in [1.165, 1.54) is 18.2 Å². The lowest BCUT2D eigenvalue weighted by atomic mass is 10.1. The molecule has 0 aromatic heterocycles. The fourth-order valence-corrected chi connectivity index (χ4v) is 2.42. The van der Waals surface area contributed by atoms with Gasteiger partial charge < -0.3 is 17.2 Å². The number of amides is 2. The molecule has 0 aliphatic heterocycles. The summed E-state index contributed by atoms with van der Waals surface area (Å²) < 4.78 is 0. The van der Waals surface area contributed by atoms with Crippen LogP contribution in [0.25, 0.3) is 0 Å². The number of aryl methyl sites for hydroxylation is 2. The molecular formula is C20H20N6O4. The van der Waals surface area contributed by atoms with Crippen molar-refractivity contribution in [1.29, 1.82) is 10.5 Å². The second kappa shape index (κ2) is 11.4. The number of nitro groups is 1. The number of benzene rings is 2. The van der Waals surface area contributed by atoms with Gasteiger partial charge in [0.15, 0.2) is 0 Å². The fraction of sp³-hybridized carbons (Fsp3) is 0.200. The van der Waals surface area contributed by atoms with Gasteiger partial charge in [-0.05, 0) is 36.6 Å². The van der Waals surface area contributed by atoms with Gasteiger partial charge in [0.25, 0.3) is 5.69 Å². The third kappa shape index (κ3) is 7.66. The Labute approximate surface area is 172 Å². The summed E-state index contributed by atoms with van der Waals surface area (Å²) in [6.07, 6.45) is 1.05. The molecule has 2 amide bonds. The van der Waals surface area contributed by atoms with Gasteiger partial charge in [0.05, 0.1) is 28.2 Å². The Morgan fingerprint density at radius 1 is 0.900 bits per heavy atom. The maximum absolute atomic E-state index is 10.7. The summed E-state index contributed by atoms with van der Waals surface area (Å²) in [5.41, 5.74) is 18.0. The molecule has 2 aromatic rings. The molecule has 154 valence electrons. The monoisotopic (exact) mass is 408 g/mol. The number of nitrogens with zero attached hydrogens (tertiary/aromatic N) is 3. The van der Waals surface area contributed by atoms with Gasteiger partial charge in [-0.25, -0.2) is 0 Å². The van der Waals surface area contributed by atoms with Crippen LogP contribution in [0.2, 0.25) is 0 Å². The van der Waals surface area contributed by atoms with Crippen LogP contribution in [-0.4, -0.2) is 16.7 Å². The molecule has 30 heavy (non-hydrogen) atoms.